The van der Waals surface area contributed by atoms with E-state index in [1.807, 2.05) is 20.8 Å². The van der Waals surface area contributed by atoms with Gasteiger partial charge in [-0.25, -0.2) is 0 Å². The highest BCUT2D eigenvalue weighted by Crippen LogP contribution is 1.99. The van der Waals surface area contributed by atoms with Crippen LogP contribution in [0.2, 0.25) is 0 Å². The van der Waals surface area contributed by atoms with Crippen LogP contribution in [0, 0.1) is 5.92 Å². The molecule has 0 saturated carbocycles. The lowest BCUT2D eigenvalue weighted by Crippen LogP contribution is -2.42. The lowest BCUT2D eigenvalue weighted by molar-refractivity contribution is -0.130. The first-order valence-electron chi connectivity index (χ1n) is 5.78. The van der Waals surface area contributed by atoms with Crippen LogP contribution in [0.1, 0.15) is 47.5 Å². The lowest BCUT2D eigenvalue weighted by atomic mass is 10.1. The predicted molar refractivity (Wildman–Crippen MR) is 65.0 cm³/mol. The highest BCUT2D eigenvalue weighted by atomic mass is 16.2. The molecule has 0 aromatic heterocycles. The van der Waals surface area contributed by atoms with Crippen LogP contribution in [0.5, 0.6) is 0 Å². The van der Waals surface area contributed by atoms with Crippen molar-refractivity contribution in [2.45, 2.75) is 53.0 Å². The Morgan fingerprint density at radius 3 is 2.12 bits per heavy atom. The van der Waals surface area contributed by atoms with Crippen molar-refractivity contribution in [1.82, 2.24) is 10.6 Å². The smallest absolute Gasteiger partial charge is 0.229 e. The van der Waals surface area contributed by atoms with Crippen molar-refractivity contribution in [2.75, 3.05) is 6.54 Å². The number of carbonyl (C=O) groups is 2. The second kappa shape index (κ2) is 6.51. The third-order valence-corrected chi connectivity index (χ3v) is 1.88. The Bertz CT molecular complexity index is 242. The van der Waals surface area contributed by atoms with Crippen molar-refractivity contribution >= 4 is 11.8 Å². The molecule has 0 aromatic carbocycles. The fraction of sp³-hybridized carbons (Fsp3) is 0.833. The van der Waals surface area contributed by atoms with E-state index in [0.29, 0.717) is 12.5 Å². The molecular weight excluding hydrogens is 204 g/mol. The molecule has 0 aliphatic heterocycles. The average Bonchev–Trinajstić information content (AvgIpc) is 1.98. The summed E-state index contributed by atoms with van der Waals surface area (Å²) in [5, 5.41) is 5.48. The third-order valence-electron chi connectivity index (χ3n) is 1.88. The van der Waals surface area contributed by atoms with Gasteiger partial charge in [-0.2, -0.15) is 0 Å². The van der Waals surface area contributed by atoms with Crippen LogP contribution in [0.3, 0.4) is 0 Å². The Kier molecular flexibility index (Phi) is 6.08. The van der Waals surface area contributed by atoms with Crippen molar-refractivity contribution in [1.29, 1.82) is 0 Å². The average molecular weight is 228 g/mol. The maximum Gasteiger partial charge on any atom is 0.229 e. The molecule has 2 N–H and O–H groups in total. The van der Waals surface area contributed by atoms with E-state index >= 15 is 0 Å². The minimum absolute atomic E-state index is 0.0879. The topological polar surface area (TPSA) is 58.2 Å². The molecule has 0 radical (unpaired) electrons. The molecule has 0 unspecified atom stereocenters. The molecule has 2 amide bonds. The molecule has 0 fully saturated rings. The van der Waals surface area contributed by atoms with Gasteiger partial charge in [0.15, 0.2) is 0 Å². The number of carbonyl (C=O) groups excluding carboxylic acids is 2. The van der Waals surface area contributed by atoms with Crippen LogP contribution >= 0.6 is 0 Å². The molecule has 0 atom stereocenters. The zero-order valence-electron chi connectivity index (χ0n) is 11.0. The van der Waals surface area contributed by atoms with E-state index in [1.165, 1.54) is 0 Å². The number of hydrogen-bond acceptors (Lipinski definition) is 2. The predicted octanol–water partition coefficient (Wildman–Crippen LogP) is 1.45. The quantitative estimate of drug-likeness (QED) is 0.700. The summed E-state index contributed by atoms with van der Waals surface area (Å²) < 4.78 is 0. The van der Waals surface area contributed by atoms with Crippen molar-refractivity contribution in [3.8, 4) is 0 Å². The Morgan fingerprint density at radius 1 is 1.12 bits per heavy atom. The van der Waals surface area contributed by atoms with Crippen LogP contribution in [-0.4, -0.2) is 23.9 Å². The van der Waals surface area contributed by atoms with Gasteiger partial charge in [0.25, 0.3) is 0 Å². The molecular formula is C12H24N2O2. The van der Waals surface area contributed by atoms with Crippen LogP contribution in [0.15, 0.2) is 0 Å². The van der Waals surface area contributed by atoms with Gasteiger partial charge in [0.1, 0.15) is 6.42 Å². The van der Waals surface area contributed by atoms with Crippen molar-refractivity contribution in [2.24, 2.45) is 5.92 Å². The zero-order valence-corrected chi connectivity index (χ0v) is 11.0. The summed E-state index contributed by atoms with van der Waals surface area (Å²) in [6.45, 7) is 10.5. The van der Waals surface area contributed by atoms with Gasteiger partial charge < -0.3 is 10.6 Å². The van der Waals surface area contributed by atoms with E-state index in [2.05, 4.69) is 24.5 Å². The van der Waals surface area contributed by atoms with Gasteiger partial charge in [-0.3, -0.25) is 9.59 Å². The number of nitrogens with one attached hydrogen (secondary N) is 2. The standard InChI is InChI=1S/C12H24N2O2/c1-9(2)6-7-13-10(15)8-11(16)14-12(3,4)5/h9H,6-8H2,1-5H3,(H,13,15)(H,14,16). The molecule has 94 valence electrons. The summed E-state index contributed by atoms with van der Waals surface area (Å²) in [5.74, 6) is 0.126. The number of amides is 2. The van der Waals surface area contributed by atoms with Gasteiger partial charge >= 0.3 is 0 Å². The SMILES string of the molecule is CC(C)CCNC(=O)CC(=O)NC(C)(C)C. The van der Waals surface area contributed by atoms with Gasteiger partial charge in [-0.05, 0) is 33.1 Å². The minimum atomic E-state index is -0.282. The lowest BCUT2D eigenvalue weighted by Gasteiger charge is -2.20. The van der Waals surface area contributed by atoms with Crippen LogP contribution in [0.4, 0.5) is 0 Å². The fourth-order valence-corrected chi connectivity index (χ4v) is 1.17. The van der Waals surface area contributed by atoms with E-state index in [1.54, 1.807) is 0 Å². The zero-order chi connectivity index (χ0) is 12.8. The Balaban J connectivity index is 3.75. The monoisotopic (exact) mass is 228 g/mol. The molecule has 0 saturated heterocycles. The molecule has 0 heterocycles. The van der Waals surface area contributed by atoms with Gasteiger partial charge in [0.2, 0.25) is 11.8 Å². The summed E-state index contributed by atoms with van der Waals surface area (Å²) in [7, 11) is 0. The molecule has 4 heteroatoms. The van der Waals surface area contributed by atoms with E-state index < -0.39 is 0 Å². The molecule has 16 heavy (non-hydrogen) atoms. The van der Waals surface area contributed by atoms with Crippen molar-refractivity contribution < 1.29 is 9.59 Å². The molecule has 0 bridgehead atoms. The van der Waals surface area contributed by atoms with Gasteiger partial charge in [0, 0.05) is 12.1 Å². The summed E-state index contributed by atoms with van der Waals surface area (Å²) in [6.07, 6.45) is 0.849. The Labute approximate surface area is 98.2 Å². The molecule has 0 rings (SSSR count). The van der Waals surface area contributed by atoms with Gasteiger partial charge in [0.05, 0.1) is 0 Å². The maximum atomic E-state index is 11.4. The van der Waals surface area contributed by atoms with Crippen LogP contribution < -0.4 is 10.6 Å². The molecule has 0 aliphatic rings. The first kappa shape index (κ1) is 14.9. The summed E-state index contributed by atoms with van der Waals surface area (Å²) in [4.78, 5) is 22.7. The maximum absolute atomic E-state index is 11.4. The summed E-state index contributed by atoms with van der Waals surface area (Å²) in [6, 6.07) is 0. The minimum Gasteiger partial charge on any atom is -0.356 e. The first-order valence-corrected chi connectivity index (χ1v) is 5.78. The first-order chi connectivity index (χ1) is 7.20. The highest BCUT2D eigenvalue weighted by molar-refractivity contribution is 5.97. The van der Waals surface area contributed by atoms with Gasteiger partial charge in [-0.1, -0.05) is 13.8 Å². The van der Waals surface area contributed by atoms with E-state index in [9.17, 15) is 9.59 Å². The Hall–Kier alpha value is -1.06. The molecule has 4 nitrogen and oxygen atoms in total. The van der Waals surface area contributed by atoms with E-state index in [0.717, 1.165) is 6.42 Å². The van der Waals surface area contributed by atoms with Crippen LogP contribution in [0.25, 0.3) is 0 Å². The van der Waals surface area contributed by atoms with E-state index in [-0.39, 0.29) is 23.8 Å². The summed E-state index contributed by atoms with van der Waals surface area (Å²) >= 11 is 0. The second-order valence-corrected chi connectivity index (χ2v) is 5.51. The van der Waals surface area contributed by atoms with Crippen LogP contribution in [-0.2, 0) is 9.59 Å². The van der Waals surface area contributed by atoms with Gasteiger partial charge in [-0.15, -0.1) is 0 Å². The number of rotatable bonds is 5. The highest BCUT2D eigenvalue weighted by Gasteiger charge is 2.16. The molecule has 0 spiro atoms. The molecule has 0 aromatic rings. The fourth-order valence-electron chi connectivity index (χ4n) is 1.17. The third kappa shape index (κ3) is 9.49. The van der Waals surface area contributed by atoms with Crippen molar-refractivity contribution in [3.63, 3.8) is 0 Å². The molecule has 0 aliphatic carbocycles. The second-order valence-electron chi connectivity index (χ2n) is 5.51. The summed E-state index contributed by atoms with van der Waals surface area (Å²) in [5.41, 5.74) is -0.282. The Morgan fingerprint density at radius 2 is 1.69 bits per heavy atom. The van der Waals surface area contributed by atoms with Crippen molar-refractivity contribution in [3.05, 3.63) is 0 Å². The largest absolute Gasteiger partial charge is 0.356 e. The normalized spacial score (nSPS) is 11.4. The van der Waals surface area contributed by atoms with E-state index in [4.69, 9.17) is 0 Å². The number of hydrogen-bond donors (Lipinski definition) is 2.